The third-order valence-corrected chi connectivity index (χ3v) is 5.14. The molecule has 1 aromatic rings. The lowest BCUT2D eigenvalue weighted by Gasteiger charge is -2.33. The van der Waals surface area contributed by atoms with Crippen LogP contribution in [0.1, 0.15) is 39.7 Å². The van der Waals surface area contributed by atoms with E-state index < -0.39 is 24.1 Å². The Kier molecular flexibility index (Phi) is 10.5. The van der Waals surface area contributed by atoms with Gasteiger partial charge in [-0.1, -0.05) is 58.0 Å². The molecule has 0 unspecified atom stereocenters. The lowest BCUT2D eigenvalue weighted by molar-refractivity contribution is -0.147. The second kappa shape index (κ2) is 12.3. The number of hydrogen-bond acceptors (Lipinski definition) is 5. The molecule has 168 valence electrons. The molecule has 3 atom stereocenters. The molecule has 2 amide bonds. The predicted octanol–water partition coefficient (Wildman–Crippen LogP) is 2.00. The molecule has 7 heteroatoms. The first-order valence-electron chi connectivity index (χ1n) is 10.5. The summed E-state index contributed by atoms with van der Waals surface area (Å²) in [5.41, 5.74) is 0.910. The van der Waals surface area contributed by atoms with Crippen molar-refractivity contribution in [1.29, 1.82) is 0 Å². The first-order chi connectivity index (χ1) is 14.1. The fourth-order valence-electron chi connectivity index (χ4n) is 3.46. The molecule has 7 nitrogen and oxygen atoms in total. The van der Waals surface area contributed by atoms with E-state index in [4.69, 9.17) is 4.74 Å². The minimum absolute atomic E-state index is 0.0774. The van der Waals surface area contributed by atoms with Gasteiger partial charge < -0.3 is 20.3 Å². The summed E-state index contributed by atoms with van der Waals surface area (Å²) < 4.78 is 4.90. The summed E-state index contributed by atoms with van der Waals surface area (Å²) in [5.74, 6) is -0.752. The summed E-state index contributed by atoms with van der Waals surface area (Å²) in [6.07, 6.45) is 0.804. The van der Waals surface area contributed by atoms with Gasteiger partial charge in [-0.15, -0.1) is 0 Å². The minimum Gasteiger partial charge on any atom is -0.467 e. The molecule has 0 bridgehead atoms. The van der Waals surface area contributed by atoms with Gasteiger partial charge in [0.2, 0.25) is 11.8 Å². The molecule has 0 aliphatic heterocycles. The van der Waals surface area contributed by atoms with Crippen molar-refractivity contribution < 1.29 is 19.1 Å². The Morgan fingerprint density at radius 3 is 2.13 bits per heavy atom. The Morgan fingerprint density at radius 1 is 1.07 bits per heavy atom. The summed E-state index contributed by atoms with van der Waals surface area (Å²) >= 11 is 0. The van der Waals surface area contributed by atoms with Crippen molar-refractivity contribution in [2.24, 2.45) is 11.8 Å². The van der Waals surface area contributed by atoms with Crippen molar-refractivity contribution in [3.8, 4) is 0 Å². The zero-order valence-corrected chi connectivity index (χ0v) is 19.3. The van der Waals surface area contributed by atoms with Gasteiger partial charge in [0.1, 0.15) is 12.1 Å². The summed E-state index contributed by atoms with van der Waals surface area (Å²) in [6.45, 7) is 7.91. The van der Waals surface area contributed by atoms with Crippen LogP contribution in [0.4, 0.5) is 0 Å². The number of nitrogens with one attached hydrogen (secondary N) is 2. The smallest absolute Gasteiger partial charge is 0.328 e. The first-order valence-corrected chi connectivity index (χ1v) is 10.5. The van der Waals surface area contributed by atoms with E-state index in [1.54, 1.807) is 14.1 Å². The monoisotopic (exact) mass is 419 g/mol. The zero-order chi connectivity index (χ0) is 22.8. The quantitative estimate of drug-likeness (QED) is 0.536. The highest BCUT2D eigenvalue weighted by atomic mass is 16.5. The van der Waals surface area contributed by atoms with Gasteiger partial charge in [-0.05, 0) is 30.9 Å². The maximum Gasteiger partial charge on any atom is 0.328 e. The van der Waals surface area contributed by atoms with E-state index in [-0.39, 0.29) is 23.7 Å². The number of esters is 1. The topological polar surface area (TPSA) is 87.7 Å². The molecule has 1 aromatic carbocycles. The molecule has 0 radical (unpaired) electrons. The lowest BCUT2D eigenvalue weighted by atomic mass is 9.98. The number of benzene rings is 1. The predicted molar refractivity (Wildman–Crippen MR) is 118 cm³/mol. The van der Waals surface area contributed by atoms with Gasteiger partial charge in [0, 0.05) is 13.5 Å². The van der Waals surface area contributed by atoms with Gasteiger partial charge in [-0.25, -0.2) is 4.79 Å². The van der Waals surface area contributed by atoms with Crippen LogP contribution in [0.25, 0.3) is 0 Å². The van der Waals surface area contributed by atoms with Crippen LogP contribution in [0, 0.1) is 11.8 Å². The summed E-state index contributed by atoms with van der Waals surface area (Å²) in [6, 6.07) is 7.53. The summed E-state index contributed by atoms with van der Waals surface area (Å²) in [4.78, 5) is 40.0. The molecule has 0 spiro atoms. The van der Waals surface area contributed by atoms with Crippen molar-refractivity contribution in [2.45, 2.75) is 58.7 Å². The number of methoxy groups -OCH3 is 1. The Morgan fingerprint density at radius 2 is 1.67 bits per heavy atom. The van der Waals surface area contributed by atoms with E-state index in [0.717, 1.165) is 5.56 Å². The van der Waals surface area contributed by atoms with E-state index in [1.165, 1.54) is 12.0 Å². The number of carbonyl (C=O) groups is 3. The molecule has 2 N–H and O–H groups in total. The number of likely N-dealkylation sites (N-methyl/N-ethyl adjacent to an activating group) is 2. The van der Waals surface area contributed by atoms with Gasteiger partial charge in [0.25, 0.3) is 0 Å². The van der Waals surface area contributed by atoms with Crippen LogP contribution in [0.5, 0.6) is 0 Å². The summed E-state index contributed by atoms with van der Waals surface area (Å²) in [5, 5.41) is 5.85. The standard InChI is InChI=1S/C23H37N3O4/c1-15(2)13-19(26(6)22(28)20(24-5)16(3)4)21(27)25-18(23(29)30-7)14-17-11-9-8-10-12-17/h8-12,15-16,18-20,24H,13-14H2,1-7H3,(H,25,27)/t18-,19-,20-/m0/s1. The van der Waals surface area contributed by atoms with E-state index in [9.17, 15) is 14.4 Å². The van der Waals surface area contributed by atoms with Crippen LogP contribution in [0.3, 0.4) is 0 Å². The number of ether oxygens (including phenoxy) is 1. The van der Waals surface area contributed by atoms with Crippen molar-refractivity contribution in [2.75, 3.05) is 21.2 Å². The highest BCUT2D eigenvalue weighted by molar-refractivity contribution is 5.92. The maximum atomic E-state index is 13.2. The molecule has 30 heavy (non-hydrogen) atoms. The molecular weight excluding hydrogens is 382 g/mol. The van der Waals surface area contributed by atoms with E-state index >= 15 is 0 Å². The fourth-order valence-corrected chi connectivity index (χ4v) is 3.46. The first kappa shape index (κ1) is 25.6. The van der Waals surface area contributed by atoms with Crippen molar-refractivity contribution in [1.82, 2.24) is 15.5 Å². The van der Waals surface area contributed by atoms with Crippen LogP contribution < -0.4 is 10.6 Å². The van der Waals surface area contributed by atoms with Gasteiger partial charge in [0.15, 0.2) is 0 Å². The number of carbonyl (C=O) groups excluding carboxylic acids is 3. The molecule has 0 heterocycles. The van der Waals surface area contributed by atoms with E-state index in [1.807, 2.05) is 58.0 Å². The zero-order valence-electron chi connectivity index (χ0n) is 19.3. The van der Waals surface area contributed by atoms with Gasteiger partial charge in [-0.2, -0.15) is 0 Å². The largest absolute Gasteiger partial charge is 0.467 e. The van der Waals surface area contributed by atoms with Crippen molar-refractivity contribution in [3.63, 3.8) is 0 Å². The number of nitrogens with zero attached hydrogens (tertiary/aromatic N) is 1. The summed E-state index contributed by atoms with van der Waals surface area (Å²) in [7, 11) is 4.68. The number of hydrogen-bond donors (Lipinski definition) is 2. The SMILES string of the molecule is CN[C@H](C(=O)N(C)[C@@H](CC(C)C)C(=O)N[C@@H](Cc1ccccc1)C(=O)OC)C(C)C. The van der Waals surface area contributed by atoms with Gasteiger partial charge in [0.05, 0.1) is 13.2 Å². The van der Waals surface area contributed by atoms with Crippen molar-refractivity contribution in [3.05, 3.63) is 35.9 Å². The average Bonchev–Trinajstić information content (AvgIpc) is 2.71. The second-order valence-corrected chi connectivity index (χ2v) is 8.38. The van der Waals surface area contributed by atoms with Crippen LogP contribution in [0.15, 0.2) is 30.3 Å². The van der Waals surface area contributed by atoms with Gasteiger partial charge >= 0.3 is 5.97 Å². The molecule has 0 aliphatic carbocycles. The third kappa shape index (κ3) is 7.44. The lowest BCUT2D eigenvalue weighted by Crippen LogP contribution is -2.57. The molecule has 0 aromatic heterocycles. The molecule has 0 fully saturated rings. The normalized spacial score (nSPS) is 14.2. The molecule has 1 rings (SSSR count). The Labute approximate surface area is 180 Å². The third-order valence-electron chi connectivity index (χ3n) is 5.14. The van der Waals surface area contributed by atoms with Crippen LogP contribution in [-0.2, 0) is 25.5 Å². The van der Waals surface area contributed by atoms with Crippen LogP contribution >= 0.6 is 0 Å². The van der Waals surface area contributed by atoms with E-state index in [2.05, 4.69) is 10.6 Å². The highest BCUT2D eigenvalue weighted by Gasteiger charge is 2.34. The second-order valence-electron chi connectivity index (χ2n) is 8.38. The average molecular weight is 420 g/mol. The molecule has 0 aliphatic rings. The van der Waals surface area contributed by atoms with Crippen LogP contribution in [-0.4, -0.2) is 62.0 Å². The highest BCUT2D eigenvalue weighted by Crippen LogP contribution is 2.15. The van der Waals surface area contributed by atoms with Crippen LogP contribution in [0.2, 0.25) is 0 Å². The number of rotatable bonds is 11. The Hall–Kier alpha value is -2.41. The van der Waals surface area contributed by atoms with Crippen molar-refractivity contribution >= 4 is 17.8 Å². The number of amides is 2. The molecular formula is C23H37N3O4. The fraction of sp³-hybridized carbons (Fsp3) is 0.609. The minimum atomic E-state index is -0.826. The molecule has 0 saturated heterocycles. The van der Waals surface area contributed by atoms with E-state index in [0.29, 0.717) is 12.8 Å². The Balaban J connectivity index is 3.06. The maximum absolute atomic E-state index is 13.2. The van der Waals surface area contributed by atoms with Gasteiger partial charge in [-0.3, -0.25) is 9.59 Å². The molecule has 0 saturated carbocycles. The Bertz CT molecular complexity index is 691.